The number of carbonyl (C=O) groups excluding carboxylic acids is 2. The molecule has 0 aliphatic heterocycles. The highest BCUT2D eigenvalue weighted by molar-refractivity contribution is 7.99. The van der Waals surface area contributed by atoms with E-state index in [1.165, 1.54) is 35.7 Å². The summed E-state index contributed by atoms with van der Waals surface area (Å²) in [5.74, 6) is -0.608. The largest absolute Gasteiger partial charge is 0.456 e. The van der Waals surface area contributed by atoms with Crippen LogP contribution in [0.3, 0.4) is 0 Å². The molecule has 0 atom stereocenters. The second-order valence-electron chi connectivity index (χ2n) is 4.96. The highest BCUT2D eigenvalue weighted by Gasteiger charge is 2.10. The zero-order valence-electron chi connectivity index (χ0n) is 13.7. The van der Waals surface area contributed by atoms with E-state index < -0.39 is 5.97 Å². The lowest BCUT2D eigenvalue weighted by molar-refractivity contribution is -0.146. The minimum absolute atomic E-state index is 0.177. The lowest BCUT2D eigenvalue weighted by Crippen LogP contribution is -2.21. The van der Waals surface area contributed by atoms with E-state index in [2.05, 4.69) is 5.32 Å². The van der Waals surface area contributed by atoms with Crippen LogP contribution in [-0.2, 0) is 14.3 Å². The third kappa shape index (κ3) is 6.80. The van der Waals surface area contributed by atoms with E-state index in [1.54, 1.807) is 18.2 Å². The minimum atomic E-state index is -0.442. The van der Waals surface area contributed by atoms with Crippen LogP contribution in [0, 0.1) is 5.82 Å². The van der Waals surface area contributed by atoms with Crippen LogP contribution in [-0.4, -0.2) is 30.5 Å². The van der Waals surface area contributed by atoms with E-state index in [9.17, 15) is 14.0 Å². The van der Waals surface area contributed by atoms with Crippen LogP contribution in [0.5, 0.6) is 0 Å². The number of anilines is 1. The molecule has 25 heavy (non-hydrogen) atoms. The van der Waals surface area contributed by atoms with Crippen molar-refractivity contribution in [3.63, 3.8) is 0 Å². The minimum Gasteiger partial charge on any atom is -0.456 e. The van der Waals surface area contributed by atoms with Gasteiger partial charge in [0.05, 0.1) is 12.1 Å². The number of amides is 1. The number of carbonyl (C=O) groups is 2. The first-order valence-corrected chi connectivity index (χ1v) is 9.76. The predicted octanol–water partition coefficient (Wildman–Crippen LogP) is 4.21. The van der Waals surface area contributed by atoms with E-state index in [1.807, 2.05) is 24.5 Å². The lowest BCUT2D eigenvalue weighted by atomic mass is 10.3. The van der Waals surface area contributed by atoms with Crippen molar-refractivity contribution in [2.45, 2.75) is 16.2 Å². The van der Waals surface area contributed by atoms with Gasteiger partial charge in [0.25, 0.3) is 5.91 Å². The summed E-state index contributed by atoms with van der Waals surface area (Å²) in [7, 11) is 0. The zero-order valence-corrected chi connectivity index (χ0v) is 15.3. The van der Waals surface area contributed by atoms with Crippen molar-refractivity contribution in [2.24, 2.45) is 0 Å². The average molecular weight is 379 g/mol. The number of ether oxygens (including phenoxy) is 1. The number of thioether (sulfide) groups is 2. The van der Waals surface area contributed by atoms with Gasteiger partial charge in [-0.05, 0) is 42.7 Å². The van der Waals surface area contributed by atoms with Crippen LogP contribution in [0.25, 0.3) is 0 Å². The predicted molar refractivity (Wildman–Crippen MR) is 99.6 cm³/mol. The molecule has 0 aliphatic rings. The number of benzene rings is 2. The first-order valence-electron chi connectivity index (χ1n) is 7.55. The molecule has 0 aliphatic carbocycles. The van der Waals surface area contributed by atoms with E-state index >= 15 is 0 Å². The summed E-state index contributed by atoms with van der Waals surface area (Å²) in [5, 5.41) is 2.73. The number of nitrogens with one attached hydrogen (secondary N) is 1. The molecular weight excluding hydrogens is 361 g/mol. The normalized spacial score (nSPS) is 10.3. The van der Waals surface area contributed by atoms with Crippen molar-refractivity contribution in [2.75, 3.05) is 23.9 Å². The Morgan fingerprint density at radius 2 is 1.84 bits per heavy atom. The van der Waals surface area contributed by atoms with Crippen LogP contribution >= 0.6 is 23.5 Å². The second-order valence-corrected chi connectivity index (χ2v) is 6.98. The molecule has 0 aromatic heterocycles. The van der Waals surface area contributed by atoms with Crippen LogP contribution in [0.1, 0.15) is 6.42 Å². The molecule has 0 radical (unpaired) electrons. The maximum absolute atomic E-state index is 12.8. The number of rotatable bonds is 8. The van der Waals surface area contributed by atoms with Gasteiger partial charge < -0.3 is 10.1 Å². The Bertz CT molecular complexity index is 723. The summed E-state index contributed by atoms with van der Waals surface area (Å²) >= 11 is 2.95. The Kier molecular flexibility index (Phi) is 7.81. The van der Waals surface area contributed by atoms with Crippen LogP contribution in [0.4, 0.5) is 10.1 Å². The van der Waals surface area contributed by atoms with Crippen LogP contribution < -0.4 is 5.32 Å². The maximum Gasteiger partial charge on any atom is 0.307 e. The Balaban J connectivity index is 1.68. The van der Waals surface area contributed by atoms with E-state index in [0.29, 0.717) is 11.4 Å². The first kappa shape index (κ1) is 19.3. The van der Waals surface area contributed by atoms with Gasteiger partial charge in [-0.1, -0.05) is 12.1 Å². The Hall–Kier alpha value is -1.99. The molecule has 0 heterocycles. The second kappa shape index (κ2) is 10.1. The number of hydrogen-bond donors (Lipinski definition) is 1. The molecule has 1 amide bonds. The molecule has 4 nitrogen and oxygen atoms in total. The van der Waals surface area contributed by atoms with Gasteiger partial charge in [0, 0.05) is 15.5 Å². The van der Waals surface area contributed by atoms with Gasteiger partial charge in [-0.3, -0.25) is 9.59 Å². The fraction of sp³-hybridized carbons (Fsp3) is 0.222. The molecule has 0 bridgehead atoms. The maximum atomic E-state index is 12.8. The molecule has 0 saturated carbocycles. The summed E-state index contributed by atoms with van der Waals surface area (Å²) in [6.07, 6.45) is 2.10. The number of esters is 1. The topological polar surface area (TPSA) is 55.4 Å². The highest BCUT2D eigenvalue weighted by atomic mass is 32.2. The van der Waals surface area contributed by atoms with Gasteiger partial charge >= 0.3 is 5.97 Å². The molecule has 0 spiro atoms. The van der Waals surface area contributed by atoms with E-state index in [4.69, 9.17) is 4.74 Å². The molecule has 132 valence electrons. The molecule has 0 saturated heterocycles. The first-order chi connectivity index (χ1) is 12.1. The van der Waals surface area contributed by atoms with Gasteiger partial charge in [0.2, 0.25) is 0 Å². The lowest BCUT2D eigenvalue weighted by Gasteiger charge is -2.09. The Labute approximate surface area is 154 Å². The highest BCUT2D eigenvalue weighted by Crippen LogP contribution is 2.24. The fourth-order valence-electron chi connectivity index (χ4n) is 1.94. The van der Waals surface area contributed by atoms with Gasteiger partial charge in [-0.15, -0.1) is 23.5 Å². The van der Waals surface area contributed by atoms with Crippen molar-refractivity contribution in [3.05, 3.63) is 54.3 Å². The number of halogens is 1. The summed E-state index contributed by atoms with van der Waals surface area (Å²) in [6, 6.07) is 13.5. The van der Waals surface area contributed by atoms with Crippen molar-refractivity contribution >= 4 is 41.1 Å². The quantitative estimate of drug-likeness (QED) is 0.550. The van der Waals surface area contributed by atoms with Crippen LogP contribution in [0.15, 0.2) is 58.3 Å². The SMILES string of the molecule is CSc1ccccc1NC(=O)COC(=O)CCSc1ccc(F)cc1. The summed E-state index contributed by atoms with van der Waals surface area (Å²) in [4.78, 5) is 25.4. The Morgan fingerprint density at radius 3 is 2.56 bits per heavy atom. The summed E-state index contributed by atoms with van der Waals surface area (Å²) < 4.78 is 17.8. The fourth-order valence-corrected chi connectivity index (χ4v) is 3.32. The molecule has 2 aromatic carbocycles. The summed E-state index contributed by atoms with van der Waals surface area (Å²) in [6.45, 7) is -0.317. The van der Waals surface area contributed by atoms with Gasteiger partial charge in [0.1, 0.15) is 5.82 Å². The Morgan fingerprint density at radius 1 is 1.12 bits per heavy atom. The molecule has 7 heteroatoms. The van der Waals surface area contributed by atoms with Crippen molar-refractivity contribution in [1.82, 2.24) is 0 Å². The molecule has 0 unspecified atom stereocenters. The van der Waals surface area contributed by atoms with Crippen molar-refractivity contribution in [3.8, 4) is 0 Å². The van der Waals surface area contributed by atoms with Crippen LogP contribution in [0.2, 0.25) is 0 Å². The smallest absolute Gasteiger partial charge is 0.307 e. The number of hydrogen-bond acceptors (Lipinski definition) is 5. The molecule has 2 rings (SSSR count). The standard InChI is InChI=1S/C18H18FNO3S2/c1-24-16-5-3-2-4-15(16)20-17(21)12-23-18(22)10-11-25-14-8-6-13(19)7-9-14/h2-9H,10-12H2,1H3,(H,20,21). The van der Waals surface area contributed by atoms with Gasteiger partial charge in [-0.25, -0.2) is 4.39 Å². The van der Waals surface area contributed by atoms with Gasteiger partial charge in [-0.2, -0.15) is 0 Å². The van der Waals surface area contributed by atoms with E-state index in [-0.39, 0.29) is 24.8 Å². The van der Waals surface area contributed by atoms with Gasteiger partial charge in [0.15, 0.2) is 6.61 Å². The molecule has 1 N–H and O–H groups in total. The van der Waals surface area contributed by atoms with E-state index in [0.717, 1.165) is 9.79 Å². The zero-order chi connectivity index (χ0) is 18.1. The van der Waals surface area contributed by atoms with Crippen molar-refractivity contribution < 1.29 is 18.7 Å². The average Bonchev–Trinajstić information content (AvgIpc) is 2.62. The molecule has 2 aromatic rings. The molecule has 0 fully saturated rings. The molecular formula is C18H18FNO3S2. The third-order valence-corrected chi connectivity index (χ3v) is 4.94. The van der Waals surface area contributed by atoms with Crippen molar-refractivity contribution in [1.29, 1.82) is 0 Å². The number of para-hydroxylation sites is 1. The monoisotopic (exact) mass is 379 g/mol. The summed E-state index contributed by atoms with van der Waals surface area (Å²) in [5.41, 5.74) is 0.697. The third-order valence-electron chi connectivity index (χ3n) is 3.13.